The summed E-state index contributed by atoms with van der Waals surface area (Å²) in [5, 5.41) is 12.4. The van der Waals surface area contributed by atoms with Crippen LogP contribution in [0.5, 0.6) is 0 Å². The maximum absolute atomic E-state index is 12.4. The summed E-state index contributed by atoms with van der Waals surface area (Å²) in [5.74, 6) is 0. The molecule has 1 aliphatic rings. The summed E-state index contributed by atoms with van der Waals surface area (Å²) in [6.07, 6.45) is 11.6. The summed E-state index contributed by atoms with van der Waals surface area (Å²) in [7, 11) is 0. The van der Waals surface area contributed by atoms with Crippen LogP contribution >= 0.6 is 0 Å². The number of rotatable bonds is 10. The van der Waals surface area contributed by atoms with Crippen molar-refractivity contribution in [3.63, 3.8) is 0 Å². The van der Waals surface area contributed by atoms with E-state index in [1.165, 1.54) is 64.7 Å². The van der Waals surface area contributed by atoms with Gasteiger partial charge in [0.2, 0.25) is 0 Å². The Balaban J connectivity index is 2.80. The first-order chi connectivity index (χ1) is 9.20. The predicted molar refractivity (Wildman–Crippen MR) is 87.0 cm³/mol. The van der Waals surface area contributed by atoms with Crippen LogP contribution in [0.4, 0.5) is 0 Å². The molecule has 0 amide bonds. The van der Waals surface area contributed by atoms with Gasteiger partial charge in [0.05, 0.1) is 0 Å². The summed E-state index contributed by atoms with van der Waals surface area (Å²) < 4.78 is 5.26. The Morgan fingerprint density at radius 1 is 0.842 bits per heavy atom. The molecule has 2 atom stereocenters. The van der Waals surface area contributed by atoms with Crippen molar-refractivity contribution in [2.24, 2.45) is 0 Å². The van der Waals surface area contributed by atoms with Gasteiger partial charge >= 0.3 is 125 Å². The van der Waals surface area contributed by atoms with Crippen molar-refractivity contribution in [2.75, 3.05) is 0 Å². The fourth-order valence-corrected chi connectivity index (χ4v) is 23.6. The fraction of sp³-hybridized carbons (Fsp3) is 1.00. The van der Waals surface area contributed by atoms with E-state index in [2.05, 4.69) is 20.8 Å². The molecule has 0 spiro atoms. The molecule has 1 radical (unpaired) electrons. The average molecular weight is 374 g/mol. The second kappa shape index (κ2) is 9.65. The molecule has 0 aliphatic heterocycles. The molecule has 1 nitrogen and oxygen atoms in total. The van der Waals surface area contributed by atoms with Crippen LogP contribution in [0, 0.1) is 0 Å². The van der Waals surface area contributed by atoms with E-state index in [9.17, 15) is 5.11 Å². The van der Waals surface area contributed by atoms with Crippen molar-refractivity contribution >= 4 is 18.4 Å². The zero-order chi connectivity index (χ0) is 14.1. The van der Waals surface area contributed by atoms with E-state index in [1.54, 1.807) is 0 Å². The van der Waals surface area contributed by atoms with Crippen molar-refractivity contribution in [3.8, 4) is 0 Å². The van der Waals surface area contributed by atoms with Gasteiger partial charge in [-0.05, 0) is 0 Å². The van der Waals surface area contributed by atoms with Gasteiger partial charge in [0, 0.05) is 0 Å². The van der Waals surface area contributed by atoms with Crippen LogP contribution in [0.3, 0.4) is 0 Å². The fourth-order valence-electron chi connectivity index (χ4n) is 4.14. The van der Waals surface area contributed by atoms with Crippen molar-refractivity contribution in [1.29, 1.82) is 0 Å². The molecule has 1 aliphatic carbocycles. The summed E-state index contributed by atoms with van der Waals surface area (Å²) in [6, 6.07) is 0. The van der Waals surface area contributed by atoms with E-state index < -0.39 is 18.4 Å². The van der Waals surface area contributed by atoms with Crippen LogP contribution < -0.4 is 0 Å². The zero-order valence-corrected chi connectivity index (χ0v) is 16.4. The SMILES string of the molecule is CCC[CH2][Sn]([CH2]CCC)([CH2]CCC)[CH]1CCCC1[O]. The van der Waals surface area contributed by atoms with Gasteiger partial charge in [0.15, 0.2) is 0 Å². The predicted octanol–water partition coefficient (Wildman–Crippen LogP) is 6.19. The van der Waals surface area contributed by atoms with Gasteiger partial charge < -0.3 is 0 Å². The third-order valence-electron chi connectivity index (χ3n) is 5.32. The van der Waals surface area contributed by atoms with Crippen LogP contribution in [0.25, 0.3) is 0 Å². The van der Waals surface area contributed by atoms with Gasteiger partial charge in [0.1, 0.15) is 0 Å². The van der Waals surface area contributed by atoms with E-state index in [-0.39, 0.29) is 6.10 Å². The number of hydrogen-bond acceptors (Lipinski definition) is 0. The van der Waals surface area contributed by atoms with E-state index in [4.69, 9.17) is 0 Å². The van der Waals surface area contributed by atoms with E-state index in [0.29, 0.717) is 3.93 Å². The van der Waals surface area contributed by atoms with Crippen LogP contribution in [-0.4, -0.2) is 24.5 Å². The van der Waals surface area contributed by atoms with Gasteiger partial charge in [-0.15, -0.1) is 0 Å². The zero-order valence-electron chi connectivity index (χ0n) is 13.5. The van der Waals surface area contributed by atoms with Gasteiger partial charge in [-0.3, -0.25) is 0 Å². The Morgan fingerprint density at radius 2 is 1.32 bits per heavy atom. The van der Waals surface area contributed by atoms with Crippen molar-refractivity contribution in [3.05, 3.63) is 0 Å². The molecule has 0 aromatic carbocycles. The summed E-state index contributed by atoms with van der Waals surface area (Å²) >= 11 is -2.17. The standard InChI is InChI=1S/C5H8O.3C4H9.Sn/c6-5-3-1-2-4-5;3*1-3-4-2;/h3,5H,1-2,4H2;3*1,3-4H2,2H3;. The van der Waals surface area contributed by atoms with Gasteiger partial charge in [0.25, 0.3) is 0 Å². The van der Waals surface area contributed by atoms with Crippen LogP contribution in [0.15, 0.2) is 0 Å². The summed E-state index contributed by atoms with van der Waals surface area (Å²) in [4.78, 5) is 0. The average Bonchev–Trinajstić information content (AvgIpc) is 2.85. The van der Waals surface area contributed by atoms with Crippen molar-refractivity contribution in [1.82, 2.24) is 0 Å². The maximum atomic E-state index is 12.4. The molecule has 0 N–H and O–H groups in total. The van der Waals surface area contributed by atoms with Crippen molar-refractivity contribution < 1.29 is 5.11 Å². The molecule has 2 heteroatoms. The Bertz CT molecular complexity index is 208. The molecule has 0 aromatic rings. The summed E-state index contributed by atoms with van der Waals surface area (Å²) in [5.41, 5.74) is 0. The van der Waals surface area contributed by atoms with Gasteiger partial charge in [-0.1, -0.05) is 0 Å². The van der Waals surface area contributed by atoms with E-state index in [1.807, 2.05) is 0 Å². The number of hydrogen-bond donors (Lipinski definition) is 0. The van der Waals surface area contributed by atoms with Gasteiger partial charge in [-0.25, -0.2) is 0 Å². The molecule has 0 heterocycles. The van der Waals surface area contributed by atoms with Crippen LogP contribution in [-0.2, 0) is 5.11 Å². The third-order valence-corrected chi connectivity index (χ3v) is 23.3. The Morgan fingerprint density at radius 3 is 1.63 bits per heavy atom. The molecule has 113 valence electrons. The first-order valence-corrected chi connectivity index (χ1v) is 16.6. The van der Waals surface area contributed by atoms with Gasteiger partial charge in [-0.2, -0.15) is 0 Å². The molecule has 1 rings (SSSR count). The molecule has 0 aromatic heterocycles. The molecule has 0 saturated heterocycles. The number of unbranched alkanes of at least 4 members (excludes halogenated alkanes) is 3. The Hall–Kier alpha value is 0.759. The summed E-state index contributed by atoms with van der Waals surface area (Å²) in [6.45, 7) is 6.96. The molecule has 1 saturated carbocycles. The molecule has 0 bridgehead atoms. The minimum atomic E-state index is -2.17. The second-order valence-electron chi connectivity index (χ2n) is 6.75. The third kappa shape index (κ3) is 5.22. The van der Waals surface area contributed by atoms with Crippen molar-refractivity contribution in [2.45, 2.75) is 102 Å². The molecular formula is C17H35OSn. The van der Waals surface area contributed by atoms with E-state index >= 15 is 0 Å². The van der Waals surface area contributed by atoms with Crippen LogP contribution in [0.1, 0.15) is 78.6 Å². The minimum absolute atomic E-state index is 0.165. The monoisotopic (exact) mass is 375 g/mol. The molecular weight excluding hydrogens is 339 g/mol. The Kier molecular flexibility index (Phi) is 9.05. The first kappa shape index (κ1) is 17.8. The molecule has 1 fully saturated rings. The topological polar surface area (TPSA) is 19.9 Å². The van der Waals surface area contributed by atoms with E-state index in [0.717, 1.165) is 6.42 Å². The quantitative estimate of drug-likeness (QED) is 0.407. The Labute approximate surface area is 125 Å². The first-order valence-electron chi connectivity index (χ1n) is 8.86. The molecule has 2 unspecified atom stereocenters. The second-order valence-corrected chi connectivity index (χ2v) is 20.9. The van der Waals surface area contributed by atoms with Crippen LogP contribution in [0.2, 0.25) is 17.2 Å². The normalized spacial score (nSPS) is 24.0. The molecule has 19 heavy (non-hydrogen) atoms.